The number of hydrogen-bond donors (Lipinski definition) is 0. The molecule has 4 rings (SSSR count). The first kappa shape index (κ1) is 17.6. The van der Waals surface area contributed by atoms with Gasteiger partial charge in [-0.25, -0.2) is 9.07 Å². The molecule has 1 amide bonds. The van der Waals surface area contributed by atoms with E-state index in [9.17, 15) is 9.18 Å². The molecule has 8 nitrogen and oxygen atoms in total. The first-order valence-electron chi connectivity index (χ1n) is 8.48. The van der Waals surface area contributed by atoms with Gasteiger partial charge < -0.3 is 9.42 Å². The number of carbonyl (C=O) groups is 1. The van der Waals surface area contributed by atoms with Gasteiger partial charge in [0.25, 0.3) is 5.91 Å². The zero-order valence-corrected chi connectivity index (χ0v) is 15.2. The summed E-state index contributed by atoms with van der Waals surface area (Å²) in [6.07, 6.45) is 3.43. The van der Waals surface area contributed by atoms with E-state index in [1.807, 2.05) is 0 Å². The maximum absolute atomic E-state index is 13.3. The summed E-state index contributed by atoms with van der Waals surface area (Å²) in [4.78, 5) is 18.6. The van der Waals surface area contributed by atoms with E-state index in [1.54, 1.807) is 22.7 Å². The maximum Gasteiger partial charge on any atom is 0.253 e. The van der Waals surface area contributed by atoms with Gasteiger partial charge in [-0.3, -0.25) is 4.79 Å². The molecule has 3 aromatic rings. The van der Waals surface area contributed by atoms with Gasteiger partial charge in [0.15, 0.2) is 5.69 Å². The monoisotopic (exact) mass is 390 g/mol. The molecule has 2 aromatic heterocycles. The number of carbonyl (C=O) groups excluding carboxylic acids is 1. The number of hydrogen-bond acceptors (Lipinski definition) is 6. The van der Waals surface area contributed by atoms with Crippen LogP contribution in [0, 0.1) is 12.7 Å². The number of aryl methyl sites for hydroxylation is 1. The lowest BCUT2D eigenvalue weighted by molar-refractivity contribution is 0.0672. The highest BCUT2D eigenvalue weighted by Crippen LogP contribution is 2.25. The van der Waals surface area contributed by atoms with Crippen molar-refractivity contribution in [3.8, 4) is 11.5 Å². The Morgan fingerprint density at radius 3 is 3.00 bits per heavy atom. The fraction of sp³-hybridized carbons (Fsp3) is 0.353. The van der Waals surface area contributed by atoms with Crippen LogP contribution in [0.2, 0.25) is 5.02 Å². The van der Waals surface area contributed by atoms with Crippen LogP contribution in [0.25, 0.3) is 11.5 Å². The van der Waals surface area contributed by atoms with Crippen molar-refractivity contribution in [1.82, 2.24) is 30.0 Å². The van der Waals surface area contributed by atoms with Crippen molar-refractivity contribution in [2.24, 2.45) is 0 Å². The Kier molecular flexibility index (Phi) is 4.61. The molecule has 0 unspecified atom stereocenters. The van der Waals surface area contributed by atoms with E-state index in [0.29, 0.717) is 36.1 Å². The van der Waals surface area contributed by atoms with Crippen molar-refractivity contribution in [2.45, 2.75) is 25.8 Å². The van der Waals surface area contributed by atoms with Gasteiger partial charge in [-0.05, 0) is 31.0 Å². The summed E-state index contributed by atoms with van der Waals surface area (Å²) in [7, 11) is 0. The molecule has 1 aliphatic rings. The molecule has 0 aliphatic carbocycles. The van der Waals surface area contributed by atoms with E-state index in [1.165, 1.54) is 18.2 Å². The predicted molar refractivity (Wildman–Crippen MR) is 93.6 cm³/mol. The Labute approximate surface area is 158 Å². The molecule has 0 N–H and O–H groups in total. The number of amides is 1. The predicted octanol–water partition coefficient (Wildman–Crippen LogP) is 2.91. The van der Waals surface area contributed by atoms with Gasteiger partial charge in [0, 0.05) is 25.6 Å². The Balaban J connectivity index is 1.50. The molecular weight excluding hydrogens is 375 g/mol. The normalized spacial score (nSPS) is 17.3. The van der Waals surface area contributed by atoms with E-state index >= 15 is 0 Å². The summed E-state index contributed by atoms with van der Waals surface area (Å²) in [6.45, 7) is 2.80. The summed E-state index contributed by atoms with van der Waals surface area (Å²) < 4.78 is 20.0. The molecule has 27 heavy (non-hydrogen) atoms. The number of nitrogens with zero attached hydrogens (tertiary/aromatic N) is 6. The van der Waals surface area contributed by atoms with E-state index in [0.717, 1.165) is 12.8 Å². The minimum Gasteiger partial charge on any atom is -0.339 e. The Morgan fingerprint density at radius 2 is 2.26 bits per heavy atom. The third-order valence-electron chi connectivity index (χ3n) is 4.49. The zero-order valence-electron chi connectivity index (χ0n) is 14.5. The molecule has 0 saturated carbocycles. The van der Waals surface area contributed by atoms with Crippen LogP contribution in [-0.4, -0.2) is 49.0 Å². The van der Waals surface area contributed by atoms with Crippen molar-refractivity contribution in [3.05, 3.63) is 46.7 Å². The van der Waals surface area contributed by atoms with Crippen molar-refractivity contribution < 1.29 is 13.7 Å². The number of benzene rings is 1. The first-order valence-corrected chi connectivity index (χ1v) is 8.86. The topological polar surface area (TPSA) is 89.9 Å². The van der Waals surface area contributed by atoms with Crippen molar-refractivity contribution in [3.63, 3.8) is 0 Å². The molecule has 1 aromatic carbocycles. The van der Waals surface area contributed by atoms with Crippen LogP contribution >= 0.6 is 11.6 Å². The lowest BCUT2D eigenvalue weighted by Gasteiger charge is -2.32. The second-order valence-electron chi connectivity index (χ2n) is 6.40. The number of halogens is 2. The van der Waals surface area contributed by atoms with Gasteiger partial charge in [0.05, 0.1) is 17.3 Å². The van der Waals surface area contributed by atoms with Crippen LogP contribution in [0.4, 0.5) is 4.39 Å². The van der Waals surface area contributed by atoms with Gasteiger partial charge in [0.1, 0.15) is 5.82 Å². The smallest absolute Gasteiger partial charge is 0.253 e. The molecule has 0 spiro atoms. The molecule has 1 fully saturated rings. The number of rotatable bonds is 3. The SMILES string of the molecule is Cc1nc(-c2cn([C@H]3CCCN(C(=O)c4ccc(F)c(Cl)c4)C3)nn2)no1. The quantitative estimate of drug-likeness (QED) is 0.683. The molecule has 3 heterocycles. The summed E-state index contributed by atoms with van der Waals surface area (Å²) in [6, 6.07) is 3.98. The molecule has 140 valence electrons. The average molecular weight is 391 g/mol. The van der Waals surface area contributed by atoms with Crippen LogP contribution in [0.3, 0.4) is 0 Å². The van der Waals surface area contributed by atoms with Gasteiger partial charge in [0.2, 0.25) is 11.7 Å². The van der Waals surface area contributed by atoms with Gasteiger partial charge in [-0.15, -0.1) is 5.10 Å². The Bertz CT molecular complexity index is 987. The van der Waals surface area contributed by atoms with Crippen molar-refractivity contribution in [2.75, 3.05) is 13.1 Å². The molecular formula is C17H16ClFN6O2. The molecule has 1 atom stereocenters. The fourth-order valence-electron chi connectivity index (χ4n) is 3.13. The highest BCUT2D eigenvalue weighted by molar-refractivity contribution is 6.31. The minimum absolute atomic E-state index is 0.0205. The van der Waals surface area contributed by atoms with Crippen molar-refractivity contribution in [1.29, 1.82) is 0 Å². The third kappa shape index (κ3) is 3.55. The second-order valence-corrected chi connectivity index (χ2v) is 6.80. The van der Waals surface area contributed by atoms with Crippen LogP contribution < -0.4 is 0 Å². The third-order valence-corrected chi connectivity index (χ3v) is 4.78. The molecule has 0 bridgehead atoms. The highest BCUT2D eigenvalue weighted by Gasteiger charge is 2.27. The summed E-state index contributed by atoms with van der Waals surface area (Å²) in [5.74, 6) is 0.0997. The minimum atomic E-state index is -0.545. The van der Waals surface area contributed by atoms with Crippen LogP contribution in [0.15, 0.2) is 28.9 Å². The van der Waals surface area contributed by atoms with Crippen LogP contribution in [-0.2, 0) is 0 Å². The average Bonchev–Trinajstić information content (AvgIpc) is 3.32. The van der Waals surface area contributed by atoms with E-state index < -0.39 is 5.82 Å². The molecule has 10 heteroatoms. The summed E-state index contributed by atoms with van der Waals surface area (Å²) in [5.41, 5.74) is 0.879. The highest BCUT2D eigenvalue weighted by atomic mass is 35.5. The van der Waals surface area contributed by atoms with Crippen molar-refractivity contribution >= 4 is 17.5 Å². The lowest BCUT2D eigenvalue weighted by atomic mass is 10.0. The number of aromatic nitrogens is 5. The largest absolute Gasteiger partial charge is 0.339 e. The van der Waals surface area contributed by atoms with Gasteiger partial charge in [-0.2, -0.15) is 4.98 Å². The standard InChI is InChI=1S/C17H16ClFN6O2/c1-10-20-16(22-27-10)15-9-25(23-21-15)12-3-2-6-24(8-12)17(26)11-4-5-14(19)13(18)7-11/h4-5,7,9,12H,2-3,6,8H2,1H3/t12-/m0/s1. The first-order chi connectivity index (χ1) is 13.0. The molecule has 1 aliphatic heterocycles. The summed E-state index contributed by atoms with van der Waals surface area (Å²) in [5, 5.41) is 12.0. The number of likely N-dealkylation sites (tertiary alicyclic amines) is 1. The van der Waals surface area contributed by atoms with Crippen LogP contribution in [0.5, 0.6) is 0 Å². The van der Waals surface area contributed by atoms with E-state index in [2.05, 4.69) is 20.5 Å². The Morgan fingerprint density at radius 1 is 1.41 bits per heavy atom. The zero-order chi connectivity index (χ0) is 19.0. The molecule has 1 saturated heterocycles. The number of piperidine rings is 1. The van der Waals surface area contributed by atoms with Gasteiger partial charge >= 0.3 is 0 Å². The lowest BCUT2D eigenvalue weighted by Crippen LogP contribution is -2.40. The van der Waals surface area contributed by atoms with E-state index in [-0.39, 0.29) is 17.0 Å². The van der Waals surface area contributed by atoms with Crippen LogP contribution in [0.1, 0.15) is 35.1 Å². The molecule has 0 radical (unpaired) electrons. The maximum atomic E-state index is 13.3. The fourth-order valence-corrected chi connectivity index (χ4v) is 3.31. The Hall–Kier alpha value is -2.81. The summed E-state index contributed by atoms with van der Waals surface area (Å²) >= 11 is 5.80. The van der Waals surface area contributed by atoms with E-state index in [4.69, 9.17) is 16.1 Å². The second kappa shape index (κ2) is 7.07. The van der Waals surface area contributed by atoms with Gasteiger partial charge in [-0.1, -0.05) is 22.0 Å².